The predicted octanol–water partition coefficient (Wildman–Crippen LogP) is 5.58. The second-order valence-electron chi connectivity index (χ2n) is 4.56. The molecule has 0 amide bonds. The van der Waals surface area contributed by atoms with Crippen LogP contribution in [0.1, 0.15) is 24.5 Å². The van der Waals surface area contributed by atoms with Gasteiger partial charge in [-0.15, -0.1) is 0 Å². The molecule has 2 rings (SSSR count). The van der Waals surface area contributed by atoms with Gasteiger partial charge in [0.15, 0.2) is 4.98 Å². The lowest BCUT2D eigenvalue weighted by Gasteiger charge is -2.07. The van der Waals surface area contributed by atoms with Crippen molar-refractivity contribution in [3.63, 3.8) is 0 Å². The summed E-state index contributed by atoms with van der Waals surface area (Å²) in [5, 5.41) is 8.86. The van der Waals surface area contributed by atoms with Gasteiger partial charge in [-0.1, -0.05) is 42.8 Å². The van der Waals surface area contributed by atoms with Gasteiger partial charge in [-0.2, -0.15) is 0 Å². The van der Waals surface area contributed by atoms with Crippen molar-refractivity contribution in [1.29, 1.82) is 5.39 Å². The highest BCUT2D eigenvalue weighted by molar-refractivity contribution is 7.99. The van der Waals surface area contributed by atoms with Crippen LogP contribution in [0.5, 0.6) is 0 Å². The van der Waals surface area contributed by atoms with Crippen LogP contribution in [0, 0.1) is 12.3 Å². The molecule has 3 heteroatoms. The lowest BCUT2D eigenvalue weighted by Crippen LogP contribution is -1.87. The number of rotatable bonds is 4. The average Bonchev–Trinajstić information content (AvgIpc) is 2.43. The Morgan fingerprint density at radius 1 is 1.11 bits per heavy atom. The maximum absolute atomic E-state index is 8.86. The van der Waals surface area contributed by atoms with E-state index in [1.54, 1.807) is 11.8 Å². The fourth-order valence-electron chi connectivity index (χ4n) is 1.93. The molecule has 0 aliphatic heterocycles. The van der Waals surface area contributed by atoms with Gasteiger partial charge in [-0.3, -0.25) is 0 Å². The minimum absolute atomic E-state index is 0.622. The lowest BCUT2D eigenvalue weighted by molar-refractivity contribution is 0.901. The molecule has 2 aromatic rings. The minimum atomic E-state index is 0.622. The zero-order valence-electron chi connectivity index (χ0n) is 11.3. The molecule has 0 bridgehead atoms. The molecule has 0 saturated carbocycles. The quantitative estimate of drug-likeness (QED) is 0.677. The Bertz CT molecular complexity index is 597. The summed E-state index contributed by atoms with van der Waals surface area (Å²) in [6.45, 7) is 4.25. The van der Waals surface area contributed by atoms with Crippen molar-refractivity contribution >= 4 is 17.4 Å². The number of benzene rings is 2. The number of hydrogen-bond donors (Lipinski definition) is 0. The SMILES string of the molecule is CCCc1cc([N+]#N)ccc1Sc1ccc(C)cc1. The Hall–Kier alpha value is -1.79. The van der Waals surface area contributed by atoms with Crippen molar-refractivity contribution in [2.75, 3.05) is 0 Å². The van der Waals surface area contributed by atoms with E-state index in [0.29, 0.717) is 5.69 Å². The average molecular weight is 269 g/mol. The van der Waals surface area contributed by atoms with Crippen molar-refractivity contribution in [1.82, 2.24) is 0 Å². The van der Waals surface area contributed by atoms with Crippen LogP contribution in [0.25, 0.3) is 4.98 Å². The second-order valence-corrected chi connectivity index (χ2v) is 5.67. The standard InChI is InChI=1S/C16H17N2S/c1-3-4-13-11-14(18-17)7-10-16(13)19-15-8-5-12(2)6-9-15/h5-11H,3-4H2,1-2H3/q+1. The molecule has 0 aromatic heterocycles. The van der Waals surface area contributed by atoms with Crippen LogP contribution >= 0.6 is 11.8 Å². The second kappa shape index (κ2) is 6.40. The fraction of sp³-hybridized carbons (Fsp3) is 0.250. The number of nitrogens with zero attached hydrogens (tertiary/aromatic N) is 2. The van der Waals surface area contributed by atoms with E-state index in [1.165, 1.54) is 20.9 Å². The summed E-state index contributed by atoms with van der Waals surface area (Å²) >= 11 is 1.76. The van der Waals surface area contributed by atoms with Gasteiger partial charge in [0, 0.05) is 21.9 Å². The van der Waals surface area contributed by atoms with E-state index in [2.05, 4.69) is 43.1 Å². The van der Waals surface area contributed by atoms with Gasteiger partial charge in [-0.05, 0) is 37.1 Å². The van der Waals surface area contributed by atoms with Gasteiger partial charge >= 0.3 is 5.69 Å². The summed E-state index contributed by atoms with van der Waals surface area (Å²) in [6.07, 6.45) is 2.08. The number of diazo groups is 1. The van der Waals surface area contributed by atoms with Crippen LogP contribution in [0.2, 0.25) is 0 Å². The Morgan fingerprint density at radius 2 is 1.84 bits per heavy atom. The van der Waals surface area contributed by atoms with Crippen molar-refractivity contribution in [3.05, 3.63) is 58.6 Å². The zero-order valence-corrected chi connectivity index (χ0v) is 12.1. The van der Waals surface area contributed by atoms with Crippen LogP contribution in [-0.2, 0) is 6.42 Å². The molecule has 96 valence electrons. The van der Waals surface area contributed by atoms with Crippen LogP contribution in [0.3, 0.4) is 0 Å². The maximum atomic E-state index is 8.86. The molecule has 0 radical (unpaired) electrons. The third kappa shape index (κ3) is 3.59. The first-order valence-electron chi connectivity index (χ1n) is 6.45. The minimum Gasteiger partial charge on any atom is -0.0898 e. The van der Waals surface area contributed by atoms with E-state index in [-0.39, 0.29) is 0 Å². The topological polar surface area (TPSA) is 28.1 Å². The first kappa shape index (κ1) is 13.6. The third-order valence-electron chi connectivity index (χ3n) is 2.93. The normalized spacial score (nSPS) is 10.2. The lowest BCUT2D eigenvalue weighted by atomic mass is 10.1. The smallest absolute Gasteiger partial charge is 0.0898 e. The molecule has 2 aromatic carbocycles. The fourth-order valence-corrected chi connectivity index (χ4v) is 2.88. The largest absolute Gasteiger partial charge is 0.385 e. The summed E-state index contributed by atoms with van der Waals surface area (Å²) in [4.78, 5) is 5.73. The highest BCUT2D eigenvalue weighted by atomic mass is 32.2. The van der Waals surface area contributed by atoms with Gasteiger partial charge in [-0.25, -0.2) is 0 Å². The molecule has 0 N–H and O–H groups in total. The Balaban J connectivity index is 2.28. The molecular formula is C16H17N2S+. The highest BCUT2D eigenvalue weighted by Gasteiger charge is 2.11. The Labute approximate surface area is 118 Å². The van der Waals surface area contributed by atoms with Crippen LogP contribution < -0.4 is 0 Å². The van der Waals surface area contributed by atoms with E-state index in [9.17, 15) is 0 Å². The first-order chi connectivity index (χ1) is 9.22. The summed E-state index contributed by atoms with van der Waals surface area (Å²) in [7, 11) is 0. The monoisotopic (exact) mass is 269 g/mol. The van der Waals surface area contributed by atoms with Gasteiger partial charge in [0.25, 0.3) is 0 Å². The van der Waals surface area contributed by atoms with Crippen molar-refractivity contribution in [2.45, 2.75) is 36.5 Å². The third-order valence-corrected chi connectivity index (χ3v) is 4.05. The molecule has 0 heterocycles. The maximum Gasteiger partial charge on any atom is 0.385 e. The van der Waals surface area contributed by atoms with E-state index >= 15 is 0 Å². The number of aryl methyl sites for hydroxylation is 2. The van der Waals surface area contributed by atoms with E-state index in [4.69, 9.17) is 5.39 Å². The molecule has 0 spiro atoms. The summed E-state index contributed by atoms with van der Waals surface area (Å²) in [5.41, 5.74) is 3.13. The highest BCUT2D eigenvalue weighted by Crippen LogP contribution is 2.33. The predicted molar refractivity (Wildman–Crippen MR) is 80.5 cm³/mol. The van der Waals surface area contributed by atoms with Crippen LogP contribution in [0.4, 0.5) is 5.69 Å². The summed E-state index contributed by atoms with van der Waals surface area (Å²) < 4.78 is 0. The molecule has 0 aliphatic carbocycles. The van der Waals surface area contributed by atoms with Crippen LogP contribution in [-0.4, -0.2) is 0 Å². The van der Waals surface area contributed by atoms with Crippen molar-refractivity contribution in [2.24, 2.45) is 0 Å². The molecule has 0 aliphatic rings. The molecule has 2 nitrogen and oxygen atoms in total. The zero-order chi connectivity index (χ0) is 13.7. The molecular weight excluding hydrogens is 252 g/mol. The Morgan fingerprint density at radius 3 is 2.47 bits per heavy atom. The summed E-state index contributed by atoms with van der Waals surface area (Å²) in [6, 6.07) is 14.4. The molecule has 0 fully saturated rings. The van der Waals surface area contributed by atoms with E-state index in [1.807, 2.05) is 18.2 Å². The number of hydrogen-bond acceptors (Lipinski definition) is 2. The van der Waals surface area contributed by atoms with Crippen molar-refractivity contribution in [3.8, 4) is 0 Å². The molecule has 0 atom stereocenters. The van der Waals surface area contributed by atoms with Crippen LogP contribution in [0.15, 0.2) is 52.3 Å². The molecule has 0 saturated heterocycles. The van der Waals surface area contributed by atoms with E-state index in [0.717, 1.165) is 12.8 Å². The molecule has 0 unspecified atom stereocenters. The summed E-state index contributed by atoms with van der Waals surface area (Å²) in [5.74, 6) is 0. The van der Waals surface area contributed by atoms with Gasteiger partial charge in [0.05, 0.1) is 0 Å². The van der Waals surface area contributed by atoms with Gasteiger partial charge in [0.1, 0.15) is 0 Å². The van der Waals surface area contributed by atoms with Crippen molar-refractivity contribution < 1.29 is 0 Å². The van der Waals surface area contributed by atoms with Gasteiger partial charge in [0.2, 0.25) is 5.39 Å². The molecule has 19 heavy (non-hydrogen) atoms. The van der Waals surface area contributed by atoms with E-state index < -0.39 is 0 Å². The van der Waals surface area contributed by atoms with Gasteiger partial charge < -0.3 is 0 Å². The Kier molecular flexibility index (Phi) is 4.59. The first-order valence-corrected chi connectivity index (χ1v) is 7.27.